The van der Waals surface area contributed by atoms with Crippen LogP contribution < -0.4 is 15.1 Å². The minimum Gasteiger partial charge on any atom is -0.368 e. The first-order valence-corrected chi connectivity index (χ1v) is 33.6. The zero-order chi connectivity index (χ0) is 55.9. The summed E-state index contributed by atoms with van der Waals surface area (Å²) in [7, 11) is -10.9. The third-order valence-electron chi connectivity index (χ3n) is 14.8. The maximum absolute atomic E-state index is 15.8. The van der Waals surface area contributed by atoms with Crippen molar-refractivity contribution in [3.05, 3.63) is 153 Å². The van der Waals surface area contributed by atoms with E-state index >= 15 is 4.39 Å². The van der Waals surface area contributed by atoms with Crippen molar-refractivity contribution in [2.45, 2.75) is 75.4 Å². The van der Waals surface area contributed by atoms with E-state index in [1.807, 2.05) is 79.1 Å². The number of halogens is 2. The Morgan fingerprint density at radius 3 is 2.12 bits per heavy atom. The second kappa shape index (κ2) is 25.8. The third-order valence-corrected chi connectivity index (χ3v) is 20.6. The number of nitro groups is 1. The van der Waals surface area contributed by atoms with E-state index in [2.05, 4.69) is 26.8 Å². The summed E-state index contributed by atoms with van der Waals surface area (Å²) in [5.41, 5.74) is 5.79. The monoisotopic (exact) mass is 1160 g/mol. The molecular formula is C58H71ClFN5O9P2S2. The molecule has 0 bridgehead atoms. The standard InChI is InChI=1S/C58H71ClFN5O9P2S2/c1-7-73-76(70,53-22-17-47(55(37-53)65(66)67)33-45(40-77-54-11-9-8-10-12-54)25-28-61-26-23-43(24-27-61)38-74-75(5,68)69)39-44-13-20-51(21-14-44)62-29-31-63(32-30-62)52-35-48(34-50(60)36-52)56-57(46-15-18-49(59)19-16-46)64(41(2)3)42(4)58(56)78(6,71)72/h8-22,34-37,41,43,45H,7,23-33,38-40H2,1-6H3,(H,68,69)/t45-,76?/m0/s1. The van der Waals surface area contributed by atoms with Crippen molar-refractivity contribution in [1.82, 2.24) is 9.47 Å². The van der Waals surface area contributed by atoms with Gasteiger partial charge in [-0.3, -0.25) is 19.2 Å². The number of rotatable bonds is 23. The lowest BCUT2D eigenvalue weighted by Gasteiger charge is -2.37. The molecule has 20 heteroatoms. The molecule has 418 valence electrons. The number of piperazine rings is 1. The number of nitrogens with zero attached hydrogens (tertiary/aromatic N) is 5. The molecule has 3 atom stereocenters. The number of anilines is 2. The average Bonchev–Trinajstić information content (AvgIpc) is 3.80. The van der Waals surface area contributed by atoms with Gasteiger partial charge in [0.2, 0.25) is 7.37 Å². The Morgan fingerprint density at radius 2 is 1.51 bits per heavy atom. The van der Waals surface area contributed by atoms with Gasteiger partial charge in [0, 0.05) is 100 Å². The molecular weight excluding hydrogens is 1090 g/mol. The average molecular weight is 1160 g/mol. The molecule has 8 rings (SSSR count). The van der Waals surface area contributed by atoms with Gasteiger partial charge in [-0.15, -0.1) is 11.8 Å². The summed E-state index contributed by atoms with van der Waals surface area (Å²) < 4.78 is 82.8. The number of benzene rings is 5. The van der Waals surface area contributed by atoms with Crippen LogP contribution in [0.5, 0.6) is 0 Å². The van der Waals surface area contributed by atoms with Gasteiger partial charge in [-0.1, -0.05) is 60.1 Å². The zero-order valence-corrected chi connectivity index (χ0v) is 49.4. The van der Waals surface area contributed by atoms with Crippen LogP contribution in [0.25, 0.3) is 22.4 Å². The molecule has 6 aromatic rings. The summed E-state index contributed by atoms with van der Waals surface area (Å²) in [4.78, 5) is 30.0. The van der Waals surface area contributed by atoms with Gasteiger partial charge < -0.3 is 33.2 Å². The first kappa shape index (κ1) is 59.3. The highest BCUT2D eigenvalue weighted by atomic mass is 35.5. The number of hydrogen-bond acceptors (Lipinski definition) is 12. The lowest BCUT2D eigenvalue weighted by atomic mass is 9.94. The van der Waals surface area contributed by atoms with Crippen molar-refractivity contribution in [2.24, 2.45) is 11.8 Å². The normalized spacial score (nSPS) is 16.8. The van der Waals surface area contributed by atoms with Gasteiger partial charge in [0.05, 0.1) is 34.9 Å². The molecule has 2 saturated heterocycles. The van der Waals surface area contributed by atoms with E-state index in [0.717, 1.165) is 66.4 Å². The van der Waals surface area contributed by atoms with Crippen molar-refractivity contribution < 1.29 is 40.8 Å². The Bertz CT molecular complexity index is 3260. The van der Waals surface area contributed by atoms with Crippen LogP contribution in [0, 0.1) is 34.7 Å². The number of hydrogen-bond donors (Lipinski definition) is 1. The number of aromatic nitrogens is 1. The quantitative estimate of drug-likeness (QED) is 0.0279. The molecule has 0 aliphatic carbocycles. The van der Waals surface area contributed by atoms with Crippen LogP contribution in [-0.4, -0.2) is 105 Å². The summed E-state index contributed by atoms with van der Waals surface area (Å²) in [5.74, 6) is 0.595. The molecule has 0 spiro atoms. The molecule has 5 aromatic carbocycles. The summed E-state index contributed by atoms with van der Waals surface area (Å²) in [5, 5.41) is 13.7. The highest BCUT2D eigenvalue weighted by Gasteiger charge is 2.33. The highest BCUT2D eigenvalue weighted by molar-refractivity contribution is 7.99. The molecule has 78 heavy (non-hydrogen) atoms. The molecule has 2 unspecified atom stereocenters. The summed E-state index contributed by atoms with van der Waals surface area (Å²) in [6, 6.07) is 34.7. The fourth-order valence-electron chi connectivity index (χ4n) is 10.9. The summed E-state index contributed by atoms with van der Waals surface area (Å²) in [6.45, 7) is 14.0. The maximum Gasteiger partial charge on any atom is 0.325 e. The molecule has 2 fully saturated rings. The van der Waals surface area contributed by atoms with Crippen LogP contribution in [0.2, 0.25) is 5.02 Å². The minimum absolute atomic E-state index is 0.0467. The fourth-order valence-corrected chi connectivity index (χ4v) is 16.0. The van der Waals surface area contributed by atoms with Crippen LogP contribution in [0.4, 0.5) is 21.5 Å². The maximum atomic E-state index is 15.8. The Hall–Kier alpha value is -4.80. The van der Waals surface area contributed by atoms with Gasteiger partial charge in [-0.25, -0.2) is 12.8 Å². The van der Waals surface area contributed by atoms with Gasteiger partial charge in [-0.05, 0) is 162 Å². The smallest absolute Gasteiger partial charge is 0.325 e. The highest BCUT2D eigenvalue weighted by Crippen LogP contribution is 2.50. The number of thioether (sulfide) groups is 1. The molecule has 0 saturated carbocycles. The van der Waals surface area contributed by atoms with Crippen molar-refractivity contribution in [3.63, 3.8) is 0 Å². The van der Waals surface area contributed by atoms with Gasteiger partial charge in [0.25, 0.3) is 5.69 Å². The van der Waals surface area contributed by atoms with Crippen LogP contribution in [-0.2, 0) is 40.6 Å². The summed E-state index contributed by atoms with van der Waals surface area (Å²) >= 11 is 8.01. The van der Waals surface area contributed by atoms with Crippen LogP contribution in [0.15, 0.2) is 125 Å². The van der Waals surface area contributed by atoms with Crippen molar-refractivity contribution in [3.8, 4) is 22.4 Å². The molecule has 1 aromatic heterocycles. The van der Waals surface area contributed by atoms with Gasteiger partial charge in [0.15, 0.2) is 9.84 Å². The van der Waals surface area contributed by atoms with E-state index < -0.39 is 30.6 Å². The number of sulfone groups is 1. The van der Waals surface area contributed by atoms with Crippen molar-refractivity contribution >= 4 is 70.5 Å². The molecule has 0 amide bonds. The second-order valence-electron chi connectivity index (χ2n) is 20.9. The van der Waals surface area contributed by atoms with E-state index in [1.54, 1.807) is 49.9 Å². The lowest BCUT2D eigenvalue weighted by Crippen LogP contribution is -2.46. The number of piperidine rings is 1. The zero-order valence-electron chi connectivity index (χ0n) is 45.2. The third kappa shape index (κ3) is 14.9. The fraction of sp³-hybridized carbons (Fsp3) is 0.414. The Morgan fingerprint density at radius 1 is 0.859 bits per heavy atom. The largest absolute Gasteiger partial charge is 0.368 e. The number of likely N-dealkylation sites (tertiary alicyclic amines) is 1. The molecule has 3 heterocycles. The van der Waals surface area contributed by atoms with Crippen molar-refractivity contribution in [2.75, 3.05) is 87.5 Å². The predicted octanol–water partition coefficient (Wildman–Crippen LogP) is 13.2. The SMILES string of the molecule is CCOP(=O)(Cc1ccc(N2CCN(c3cc(F)cc(-c4c(S(C)(=O)=O)c(C)n(C(C)C)c4-c4ccc(Cl)cc4)c3)CC2)cc1)c1ccc(C[C@H](CCN2CCC(COP(C)(=O)O)CC2)CSc2ccccc2)c([N+](=O)[O-])c1. The van der Waals surface area contributed by atoms with E-state index in [-0.39, 0.29) is 52.8 Å². The first-order chi connectivity index (χ1) is 37.1. The van der Waals surface area contributed by atoms with E-state index in [9.17, 15) is 32.6 Å². The van der Waals surface area contributed by atoms with Gasteiger partial charge >= 0.3 is 7.60 Å². The predicted molar refractivity (Wildman–Crippen MR) is 315 cm³/mol. The Kier molecular flexibility index (Phi) is 19.6. The Balaban J connectivity index is 0.950. The van der Waals surface area contributed by atoms with Crippen LogP contribution in [0.3, 0.4) is 0 Å². The molecule has 2 aliphatic rings. The van der Waals surface area contributed by atoms with E-state index in [1.165, 1.54) is 31.1 Å². The number of nitro benzene ring substituents is 1. The molecule has 2 aliphatic heterocycles. The first-order valence-electron chi connectivity index (χ1n) is 26.6. The lowest BCUT2D eigenvalue weighted by molar-refractivity contribution is -0.385. The minimum atomic E-state index is -3.76. The molecule has 0 radical (unpaired) electrons. The second-order valence-corrected chi connectivity index (χ2v) is 28.7. The van der Waals surface area contributed by atoms with Crippen LogP contribution in [0.1, 0.15) is 62.9 Å². The topological polar surface area (TPSA) is 165 Å². The Labute approximate surface area is 468 Å². The summed E-state index contributed by atoms with van der Waals surface area (Å²) in [6.07, 6.45) is 4.24. The van der Waals surface area contributed by atoms with Crippen LogP contribution >= 0.6 is 38.3 Å². The van der Waals surface area contributed by atoms with Gasteiger partial charge in [0.1, 0.15) is 5.82 Å². The van der Waals surface area contributed by atoms with Crippen molar-refractivity contribution in [1.29, 1.82) is 0 Å². The molecule has 1 N–H and O–H groups in total. The van der Waals surface area contributed by atoms with Gasteiger partial charge in [-0.2, -0.15) is 0 Å². The molecule has 14 nitrogen and oxygen atoms in total. The van der Waals surface area contributed by atoms with E-state index in [0.29, 0.717) is 76.7 Å². The van der Waals surface area contributed by atoms with E-state index in [4.69, 9.17) is 20.6 Å².